The van der Waals surface area contributed by atoms with Crippen LogP contribution < -0.4 is 10.8 Å². The average Bonchev–Trinajstić information content (AvgIpc) is 3.32. The number of nitrogens with one attached hydrogen (secondary N) is 1. The Labute approximate surface area is 218 Å². The first kappa shape index (κ1) is 24.5. The van der Waals surface area contributed by atoms with Crippen LogP contribution in [-0.2, 0) is 17.8 Å². The number of carbonyl (C=O) groups excluding carboxylic acids is 1. The zero-order valence-electron chi connectivity index (χ0n) is 21.1. The summed E-state index contributed by atoms with van der Waals surface area (Å²) in [6, 6.07) is 24.0. The Bertz CT molecular complexity index is 1390. The molecule has 0 bridgehead atoms. The summed E-state index contributed by atoms with van der Waals surface area (Å²) in [5.74, 6) is 1.39. The van der Waals surface area contributed by atoms with Gasteiger partial charge in [0.25, 0.3) is 0 Å². The molecule has 1 aliphatic heterocycles. The van der Waals surface area contributed by atoms with Crippen molar-refractivity contribution in [3.8, 4) is 0 Å². The van der Waals surface area contributed by atoms with Crippen LogP contribution in [-0.4, -0.2) is 51.3 Å². The standard InChI is InChI=1S/C29H31BN6O/c30-25-21-33-36-27(32-20-23-11-8-14-31-19-23)18-26(34-29(25)36)24-12-15-35(16-13-24)28(37)17-22-9-6-4-2-1-3-5-7-10-22/h1-11,14,18-19,21,24,32H,12-13,15-17,20,30H2. The van der Waals surface area contributed by atoms with E-state index in [9.17, 15) is 4.79 Å². The van der Waals surface area contributed by atoms with Crippen molar-refractivity contribution in [2.75, 3.05) is 18.4 Å². The lowest BCUT2D eigenvalue weighted by Gasteiger charge is -2.32. The molecule has 1 fully saturated rings. The zero-order chi connectivity index (χ0) is 25.5. The van der Waals surface area contributed by atoms with Crippen molar-refractivity contribution >= 4 is 30.7 Å². The van der Waals surface area contributed by atoms with Gasteiger partial charge in [-0.15, -0.1) is 0 Å². The summed E-state index contributed by atoms with van der Waals surface area (Å²) < 4.78 is 1.87. The molecule has 4 aromatic rings. The fourth-order valence-corrected chi connectivity index (χ4v) is 4.69. The number of amides is 1. The maximum absolute atomic E-state index is 13.1. The van der Waals surface area contributed by atoms with Gasteiger partial charge in [0.15, 0.2) is 5.65 Å². The molecule has 1 N–H and O–H groups in total. The summed E-state index contributed by atoms with van der Waals surface area (Å²) in [5.41, 5.74) is 5.09. The van der Waals surface area contributed by atoms with Gasteiger partial charge in [0.1, 0.15) is 13.7 Å². The summed E-state index contributed by atoms with van der Waals surface area (Å²) in [6.45, 7) is 2.13. The molecule has 5 rings (SSSR count). The van der Waals surface area contributed by atoms with Crippen molar-refractivity contribution < 1.29 is 4.79 Å². The number of rotatable bonds is 6. The van der Waals surface area contributed by atoms with Crippen molar-refractivity contribution in [2.24, 2.45) is 0 Å². The van der Waals surface area contributed by atoms with Crippen LogP contribution in [0.15, 0.2) is 91.4 Å². The molecule has 8 heteroatoms. The first-order chi connectivity index (χ1) is 18.2. The maximum atomic E-state index is 13.1. The number of hydrogen-bond donors (Lipinski definition) is 1. The molecule has 1 aliphatic rings. The maximum Gasteiger partial charge on any atom is 0.226 e. The van der Waals surface area contributed by atoms with E-state index in [-0.39, 0.29) is 5.91 Å². The lowest BCUT2D eigenvalue weighted by atomic mass is 9.92. The predicted molar refractivity (Wildman–Crippen MR) is 149 cm³/mol. The number of pyridine rings is 1. The second-order valence-electron chi connectivity index (χ2n) is 9.43. The fourth-order valence-electron chi connectivity index (χ4n) is 4.69. The van der Waals surface area contributed by atoms with Crippen LogP contribution in [0.3, 0.4) is 0 Å². The molecule has 7 nitrogen and oxygen atoms in total. The molecule has 0 spiro atoms. The van der Waals surface area contributed by atoms with E-state index < -0.39 is 0 Å². The minimum atomic E-state index is 0.174. The Balaban J connectivity index is 1.27. The smallest absolute Gasteiger partial charge is 0.226 e. The summed E-state index contributed by atoms with van der Waals surface area (Å²) in [5, 5.41) is 8.05. The number of likely N-dealkylation sites (tertiary alicyclic amines) is 1. The normalized spacial score (nSPS) is 13.8. The molecule has 1 aromatic carbocycles. The van der Waals surface area contributed by atoms with Crippen LogP contribution >= 0.6 is 0 Å². The molecular formula is C29H31BN6O. The summed E-state index contributed by atoms with van der Waals surface area (Å²) in [6.07, 6.45) is 7.69. The monoisotopic (exact) mass is 490 g/mol. The average molecular weight is 490 g/mol. The van der Waals surface area contributed by atoms with Gasteiger partial charge < -0.3 is 10.2 Å². The Morgan fingerprint density at radius 1 is 0.946 bits per heavy atom. The van der Waals surface area contributed by atoms with E-state index in [1.807, 2.05) is 90.3 Å². The predicted octanol–water partition coefficient (Wildman–Crippen LogP) is 3.07. The lowest BCUT2D eigenvalue weighted by molar-refractivity contribution is -0.131. The Morgan fingerprint density at radius 2 is 1.65 bits per heavy atom. The van der Waals surface area contributed by atoms with E-state index in [1.165, 1.54) is 0 Å². The molecule has 0 saturated carbocycles. The second-order valence-corrected chi connectivity index (χ2v) is 9.43. The summed E-state index contributed by atoms with van der Waals surface area (Å²) in [7, 11) is 2.04. The third-order valence-corrected chi connectivity index (χ3v) is 6.77. The highest BCUT2D eigenvalue weighted by atomic mass is 16.2. The van der Waals surface area contributed by atoms with Crippen LogP contribution in [0, 0.1) is 0 Å². The lowest BCUT2D eigenvalue weighted by Crippen LogP contribution is -2.39. The van der Waals surface area contributed by atoms with E-state index in [0.717, 1.165) is 59.7 Å². The molecule has 0 unspecified atom stereocenters. The molecule has 0 atom stereocenters. The van der Waals surface area contributed by atoms with Gasteiger partial charge in [-0.3, -0.25) is 9.78 Å². The highest BCUT2D eigenvalue weighted by Gasteiger charge is 2.26. The molecule has 1 amide bonds. The van der Waals surface area contributed by atoms with Gasteiger partial charge in [-0.25, -0.2) is 4.98 Å². The molecule has 0 aliphatic carbocycles. The van der Waals surface area contributed by atoms with Crippen LogP contribution in [0.5, 0.6) is 0 Å². The van der Waals surface area contributed by atoms with Crippen LogP contribution in [0.4, 0.5) is 5.82 Å². The number of aromatic nitrogens is 4. The number of fused-ring (bicyclic) bond motifs is 1. The van der Waals surface area contributed by atoms with Crippen molar-refractivity contribution in [1.29, 1.82) is 0 Å². The van der Waals surface area contributed by atoms with Gasteiger partial charge in [-0.05, 0) is 35.5 Å². The quantitative estimate of drug-likeness (QED) is 0.421. The molecule has 3 aromatic heterocycles. The van der Waals surface area contributed by atoms with Gasteiger partial charge in [-0.2, -0.15) is 9.61 Å². The van der Waals surface area contributed by atoms with Crippen molar-refractivity contribution in [3.63, 3.8) is 0 Å². The molecule has 0 radical (unpaired) electrons. The summed E-state index contributed by atoms with van der Waals surface area (Å²) in [4.78, 5) is 24.3. The van der Waals surface area contributed by atoms with Crippen LogP contribution in [0.2, 0.25) is 0 Å². The van der Waals surface area contributed by atoms with E-state index in [2.05, 4.69) is 27.5 Å². The molecule has 1 saturated heterocycles. The number of hydrogen-bond acceptors (Lipinski definition) is 5. The van der Waals surface area contributed by atoms with Crippen molar-refractivity contribution in [3.05, 3.63) is 108 Å². The number of anilines is 1. The SMILES string of the molecule is Bc1cnn2c(NCc3cccnc3)cc(C3CCN(C(=O)Cc4ccccccccc4)CC3)nc12. The van der Waals surface area contributed by atoms with Crippen LogP contribution in [0.1, 0.15) is 35.6 Å². The highest BCUT2D eigenvalue weighted by molar-refractivity contribution is 6.36. The minimum absolute atomic E-state index is 0.174. The Kier molecular flexibility index (Phi) is 7.74. The zero-order valence-corrected chi connectivity index (χ0v) is 21.1. The van der Waals surface area contributed by atoms with E-state index >= 15 is 0 Å². The minimum Gasteiger partial charge on any atom is -0.366 e. The largest absolute Gasteiger partial charge is 0.366 e. The van der Waals surface area contributed by atoms with Crippen molar-refractivity contribution in [2.45, 2.75) is 31.7 Å². The highest BCUT2D eigenvalue weighted by Crippen LogP contribution is 2.29. The Hall–Kier alpha value is -4.20. The van der Waals surface area contributed by atoms with Crippen LogP contribution in [0.25, 0.3) is 5.65 Å². The third kappa shape index (κ3) is 6.15. The third-order valence-electron chi connectivity index (χ3n) is 6.77. The molecule has 4 heterocycles. The topological polar surface area (TPSA) is 75.4 Å². The van der Waals surface area contributed by atoms with E-state index in [4.69, 9.17) is 4.98 Å². The number of carbonyl (C=O) groups is 1. The van der Waals surface area contributed by atoms with Gasteiger partial charge in [0, 0.05) is 55.9 Å². The van der Waals surface area contributed by atoms with E-state index in [0.29, 0.717) is 18.9 Å². The summed E-state index contributed by atoms with van der Waals surface area (Å²) >= 11 is 0. The molecular weight excluding hydrogens is 459 g/mol. The van der Waals surface area contributed by atoms with Gasteiger partial charge in [0.2, 0.25) is 5.91 Å². The first-order valence-corrected chi connectivity index (χ1v) is 12.8. The van der Waals surface area contributed by atoms with Gasteiger partial charge >= 0.3 is 0 Å². The van der Waals surface area contributed by atoms with Gasteiger partial charge in [-0.1, -0.05) is 60.7 Å². The number of piperidine rings is 1. The van der Waals surface area contributed by atoms with Crippen molar-refractivity contribution in [1.82, 2.24) is 24.5 Å². The second kappa shape index (κ2) is 11.7. The van der Waals surface area contributed by atoms with E-state index in [1.54, 1.807) is 6.20 Å². The van der Waals surface area contributed by atoms with Gasteiger partial charge in [0.05, 0.1) is 6.42 Å². The Morgan fingerprint density at radius 3 is 2.35 bits per heavy atom. The number of nitrogens with zero attached hydrogens (tertiary/aromatic N) is 5. The molecule has 186 valence electrons. The fraction of sp³-hybridized carbons (Fsp3) is 0.241. The first-order valence-electron chi connectivity index (χ1n) is 12.8. The molecule has 37 heavy (non-hydrogen) atoms.